The highest BCUT2D eigenvalue weighted by Gasteiger charge is 2.30. The van der Waals surface area contributed by atoms with Gasteiger partial charge in [0.25, 0.3) is 5.91 Å². The van der Waals surface area contributed by atoms with Crippen LogP contribution in [0.3, 0.4) is 0 Å². The number of ether oxygens (including phenoxy) is 1. The maximum Gasteiger partial charge on any atom is 0.387 e. The number of benzene rings is 2. The number of hydrogen-bond acceptors (Lipinski definition) is 3. The number of halogens is 3. The molecule has 0 aromatic heterocycles. The number of carbonyl (C=O) groups excluding carboxylic acids is 1. The summed E-state index contributed by atoms with van der Waals surface area (Å²) in [5.74, 6) is -0.244. The Labute approximate surface area is 159 Å². The summed E-state index contributed by atoms with van der Waals surface area (Å²) in [6.45, 7) is -2.63. The zero-order valence-corrected chi connectivity index (χ0v) is 14.9. The zero-order valence-electron chi connectivity index (χ0n) is 13.3. The van der Waals surface area contributed by atoms with E-state index >= 15 is 0 Å². The third-order valence-corrected chi connectivity index (χ3v) is 4.36. The molecule has 4 nitrogen and oxygen atoms in total. The van der Waals surface area contributed by atoms with Crippen LogP contribution in [0, 0.1) is 0 Å². The first-order valence-electron chi connectivity index (χ1n) is 7.57. The summed E-state index contributed by atoms with van der Waals surface area (Å²) in [7, 11) is 0. The molecule has 134 valence electrons. The van der Waals surface area contributed by atoms with Crippen LogP contribution in [0.5, 0.6) is 5.75 Å². The number of amides is 1. The Bertz CT molecular complexity index is 872. The van der Waals surface area contributed by atoms with Gasteiger partial charge in [-0.25, -0.2) is 0 Å². The number of nitrogens with one attached hydrogen (secondary N) is 1. The maximum atomic E-state index is 12.6. The maximum absolute atomic E-state index is 12.6. The van der Waals surface area contributed by atoms with Gasteiger partial charge < -0.3 is 10.1 Å². The Morgan fingerprint density at radius 1 is 1.19 bits per heavy atom. The van der Waals surface area contributed by atoms with E-state index in [0.717, 1.165) is 5.56 Å². The van der Waals surface area contributed by atoms with Crippen LogP contribution in [0.15, 0.2) is 54.2 Å². The summed E-state index contributed by atoms with van der Waals surface area (Å²) in [6.07, 6.45) is 1.59. The van der Waals surface area contributed by atoms with Crippen LogP contribution < -0.4 is 10.1 Å². The number of carbonyl (C=O) groups is 1. The van der Waals surface area contributed by atoms with Crippen LogP contribution in [0.1, 0.15) is 11.1 Å². The van der Waals surface area contributed by atoms with Crippen LogP contribution in [0.2, 0.25) is 5.02 Å². The monoisotopic (exact) mass is 394 g/mol. The Kier molecular flexibility index (Phi) is 5.49. The lowest BCUT2D eigenvalue weighted by atomic mass is 10.1. The van der Waals surface area contributed by atoms with Gasteiger partial charge in [-0.3, -0.25) is 9.69 Å². The molecule has 0 aliphatic carbocycles. The van der Waals surface area contributed by atoms with Crippen molar-refractivity contribution in [1.29, 1.82) is 0 Å². The third-order valence-electron chi connectivity index (χ3n) is 3.66. The van der Waals surface area contributed by atoms with E-state index in [1.54, 1.807) is 30.3 Å². The van der Waals surface area contributed by atoms with Gasteiger partial charge in [-0.05, 0) is 47.6 Å². The Morgan fingerprint density at radius 2 is 1.88 bits per heavy atom. The van der Waals surface area contributed by atoms with E-state index in [1.165, 1.54) is 17.0 Å². The summed E-state index contributed by atoms with van der Waals surface area (Å²) >= 11 is 11.4. The molecule has 0 spiro atoms. The van der Waals surface area contributed by atoms with Crippen LogP contribution in [0.25, 0.3) is 6.08 Å². The molecule has 0 unspecified atom stereocenters. The summed E-state index contributed by atoms with van der Waals surface area (Å²) in [5.41, 5.74) is 1.72. The third kappa shape index (κ3) is 4.17. The van der Waals surface area contributed by atoms with Crippen molar-refractivity contribution in [3.05, 3.63) is 70.4 Å². The van der Waals surface area contributed by atoms with Gasteiger partial charge in [-0.15, -0.1) is 0 Å². The highest BCUT2D eigenvalue weighted by Crippen LogP contribution is 2.22. The quantitative estimate of drug-likeness (QED) is 0.609. The van der Waals surface area contributed by atoms with Gasteiger partial charge in [0, 0.05) is 5.02 Å². The first-order valence-corrected chi connectivity index (χ1v) is 8.35. The molecule has 8 heteroatoms. The Morgan fingerprint density at radius 3 is 2.54 bits per heavy atom. The average Bonchev–Trinajstić information content (AvgIpc) is 2.85. The van der Waals surface area contributed by atoms with E-state index in [1.807, 2.05) is 12.1 Å². The number of hydrogen-bond donors (Lipinski definition) is 1. The molecule has 26 heavy (non-hydrogen) atoms. The minimum absolute atomic E-state index is 0.0451. The van der Waals surface area contributed by atoms with Gasteiger partial charge in [0.15, 0.2) is 5.11 Å². The molecule has 1 amide bonds. The average molecular weight is 395 g/mol. The van der Waals surface area contributed by atoms with E-state index in [0.29, 0.717) is 16.3 Å². The zero-order chi connectivity index (χ0) is 18.7. The van der Waals surface area contributed by atoms with Gasteiger partial charge in [0.2, 0.25) is 0 Å². The van der Waals surface area contributed by atoms with Crippen LogP contribution >= 0.6 is 23.8 Å². The van der Waals surface area contributed by atoms with E-state index in [4.69, 9.17) is 23.8 Å². The predicted octanol–water partition coefficient (Wildman–Crippen LogP) is 4.20. The SMILES string of the molecule is O=C1/C(=C/c2ccc(OC(F)F)cc2)NC(=S)N1Cc1ccccc1Cl. The molecule has 1 aliphatic heterocycles. The highest BCUT2D eigenvalue weighted by molar-refractivity contribution is 7.80. The largest absolute Gasteiger partial charge is 0.435 e. The van der Waals surface area contributed by atoms with Crippen LogP contribution in [-0.2, 0) is 11.3 Å². The lowest BCUT2D eigenvalue weighted by Crippen LogP contribution is -2.30. The minimum atomic E-state index is -2.88. The second kappa shape index (κ2) is 7.80. The van der Waals surface area contributed by atoms with E-state index < -0.39 is 6.61 Å². The number of thiocarbonyl (C=S) groups is 1. The number of alkyl halides is 2. The highest BCUT2D eigenvalue weighted by atomic mass is 35.5. The molecule has 3 rings (SSSR count). The van der Waals surface area contributed by atoms with Crippen molar-refractivity contribution >= 4 is 40.9 Å². The summed E-state index contributed by atoms with van der Waals surface area (Å²) in [6, 6.07) is 13.1. The van der Waals surface area contributed by atoms with Crippen molar-refractivity contribution in [2.75, 3.05) is 0 Å². The second-order valence-electron chi connectivity index (χ2n) is 5.42. The van der Waals surface area contributed by atoms with Gasteiger partial charge in [0.05, 0.1) is 6.54 Å². The molecular formula is C18H13ClF2N2O2S. The molecule has 0 atom stereocenters. The molecule has 2 aromatic rings. The molecule has 0 bridgehead atoms. The first kappa shape index (κ1) is 18.3. The fourth-order valence-electron chi connectivity index (χ4n) is 2.42. The van der Waals surface area contributed by atoms with Crippen molar-refractivity contribution in [2.45, 2.75) is 13.2 Å². The van der Waals surface area contributed by atoms with Gasteiger partial charge in [-0.1, -0.05) is 41.9 Å². The van der Waals surface area contributed by atoms with Gasteiger partial charge in [0.1, 0.15) is 11.4 Å². The van der Waals surface area contributed by atoms with Crippen molar-refractivity contribution < 1.29 is 18.3 Å². The summed E-state index contributed by atoms with van der Waals surface area (Å²) < 4.78 is 28.6. The van der Waals surface area contributed by atoms with Crippen LogP contribution in [0.4, 0.5) is 8.78 Å². The standard InChI is InChI=1S/C18H13ClF2N2O2S/c19-14-4-2-1-3-12(14)10-23-16(24)15(22-18(23)26)9-11-5-7-13(8-6-11)25-17(20)21/h1-9,17H,10H2,(H,22,26)/b15-9-. The lowest BCUT2D eigenvalue weighted by molar-refractivity contribution is -0.122. The molecule has 0 radical (unpaired) electrons. The topological polar surface area (TPSA) is 41.6 Å². The van der Waals surface area contributed by atoms with Crippen molar-refractivity contribution in [3.63, 3.8) is 0 Å². The van der Waals surface area contributed by atoms with Crippen molar-refractivity contribution in [1.82, 2.24) is 10.2 Å². The Hall–Kier alpha value is -2.51. The molecule has 2 aromatic carbocycles. The molecule has 1 N–H and O–H groups in total. The first-order chi connectivity index (χ1) is 12.4. The van der Waals surface area contributed by atoms with E-state index in [9.17, 15) is 13.6 Å². The van der Waals surface area contributed by atoms with Crippen molar-refractivity contribution in [2.24, 2.45) is 0 Å². The van der Waals surface area contributed by atoms with Crippen LogP contribution in [-0.4, -0.2) is 22.5 Å². The molecular weight excluding hydrogens is 382 g/mol. The summed E-state index contributed by atoms with van der Waals surface area (Å²) in [5, 5.41) is 3.69. The number of rotatable bonds is 5. The lowest BCUT2D eigenvalue weighted by Gasteiger charge is -2.14. The number of nitrogens with zero attached hydrogens (tertiary/aromatic N) is 1. The summed E-state index contributed by atoms with van der Waals surface area (Å²) in [4.78, 5) is 14.0. The van der Waals surface area contributed by atoms with E-state index in [-0.39, 0.29) is 23.3 Å². The fraction of sp³-hybridized carbons (Fsp3) is 0.111. The van der Waals surface area contributed by atoms with Crippen molar-refractivity contribution in [3.8, 4) is 5.75 Å². The fourth-order valence-corrected chi connectivity index (χ4v) is 2.88. The van der Waals surface area contributed by atoms with Gasteiger partial charge >= 0.3 is 6.61 Å². The normalized spacial score (nSPS) is 15.7. The van der Waals surface area contributed by atoms with Gasteiger partial charge in [-0.2, -0.15) is 8.78 Å². The molecule has 1 fully saturated rings. The minimum Gasteiger partial charge on any atom is -0.435 e. The molecule has 1 heterocycles. The predicted molar refractivity (Wildman–Crippen MR) is 98.8 cm³/mol. The van der Waals surface area contributed by atoms with E-state index in [2.05, 4.69) is 10.1 Å². The molecule has 1 aliphatic rings. The second-order valence-corrected chi connectivity index (χ2v) is 6.21. The Balaban J connectivity index is 1.75. The smallest absolute Gasteiger partial charge is 0.387 e. The molecule has 0 saturated carbocycles. The molecule has 1 saturated heterocycles.